The summed E-state index contributed by atoms with van der Waals surface area (Å²) in [5.74, 6) is 0.193. The van der Waals surface area contributed by atoms with Gasteiger partial charge in [-0.05, 0) is 12.3 Å². The number of aliphatic hydroxyl groups excluding tert-OH is 1. The predicted molar refractivity (Wildman–Crippen MR) is 81.7 cm³/mol. The van der Waals surface area contributed by atoms with Crippen molar-refractivity contribution in [3.05, 3.63) is 39.2 Å². The first kappa shape index (κ1) is 16.0. The van der Waals surface area contributed by atoms with E-state index in [1.165, 1.54) is 6.07 Å². The van der Waals surface area contributed by atoms with E-state index in [0.717, 1.165) is 5.69 Å². The number of hydrogen-bond acceptors (Lipinski definition) is 5. The highest BCUT2D eigenvalue weighted by molar-refractivity contribution is 5.78. The molecule has 7 heteroatoms. The summed E-state index contributed by atoms with van der Waals surface area (Å²) >= 11 is 0. The van der Waals surface area contributed by atoms with E-state index in [0.29, 0.717) is 11.4 Å². The van der Waals surface area contributed by atoms with Crippen molar-refractivity contribution in [1.82, 2.24) is 9.97 Å². The average Bonchev–Trinajstić information content (AvgIpc) is 2.82. The first-order valence-corrected chi connectivity index (χ1v) is 6.83. The van der Waals surface area contributed by atoms with Crippen molar-refractivity contribution in [2.24, 2.45) is 0 Å². The molecule has 0 bridgehead atoms. The molecule has 118 valence electrons. The fraction of sp³-hybridized carbons (Fsp3) is 0.400. The largest absolute Gasteiger partial charge is 0.507 e. The van der Waals surface area contributed by atoms with Crippen LogP contribution in [0.4, 0.5) is 5.69 Å². The van der Waals surface area contributed by atoms with Gasteiger partial charge in [-0.15, -0.1) is 0 Å². The van der Waals surface area contributed by atoms with Crippen molar-refractivity contribution in [3.63, 3.8) is 0 Å². The number of rotatable bonds is 3. The molecule has 0 atom stereocenters. The summed E-state index contributed by atoms with van der Waals surface area (Å²) in [5, 5.41) is 31.3. The summed E-state index contributed by atoms with van der Waals surface area (Å²) < 4.78 is 0. The van der Waals surface area contributed by atoms with Gasteiger partial charge in [0.25, 0.3) is 5.69 Å². The third-order valence-corrected chi connectivity index (χ3v) is 3.41. The first-order chi connectivity index (χ1) is 10.2. The van der Waals surface area contributed by atoms with Gasteiger partial charge in [0, 0.05) is 29.1 Å². The van der Waals surface area contributed by atoms with Crippen LogP contribution < -0.4 is 0 Å². The second-order valence-electron chi connectivity index (χ2n) is 6.23. The van der Waals surface area contributed by atoms with Crippen molar-refractivity contribution in [2.45, 2.75) is 39.7 Å². The number of aromatic nitrogens is 2. The third-order valence-electron chi connectivity index (χ3n) is 3.41. The van der Waals surface area contributed by atoms with Crippen LogP contribution in [0.2, 0.25) is 0 Å². The maximum absolute atomic E-state index is 11.5. The van der Waals surface area contributed by atoms with E-state index in [2.05, 4.69) is 9.97 Å². The summed E-state index contributed by atoms with van der Waals surface area (Å²) in [5.41, 5.74) is 0.760. The topological polar surface area (TPSA) is 112 Å². The normalized spacial score (nSPS) is 11.7. The SMILES string of the molecule is Cc1cnc(-c2c([N+](=O)[O-])cc(CO)c(O)c2C(C)(C)C)[nH]1. The number of aliphatic hydroxyl groups is 1. The summed E-state index contributed by atoms with van der Waals surface area (Å²) in [6.45, 7) is 6.83. The average molecular weight is 305 g/mol. The van der Waals surface area contributed by atoms with Crippen molar-refractivity contribution >= 4 is 5.69 Å². The Morgan fingerprint density at radius 2 is 2.05 bits per heavy atom. The molecule has 1 aromatic carbocycles. The van der Waals surface area contributed by atoms with Gasteiger partial charge >= 0.3 is 0 Å². The first-order valence-electron chi connectivity index (χ1n) is 6.83. The van der Waals surface area contributed by atoms with Crippen LogP contribution in [0.3, 0.4) is 0 Å². The molecule has 0 saturated heterocycles. The maximum atomic E-state index is 11.5. The third kappa shape index (κ3) is 2.67. The van der Waals surface area contributed by atoms with Crippen molar-refractivity contribution < 1.29 is 15.1 Å². The molecule has 0 aliphatic heterocycles. The minimum atomic E-state index is -0.573. The van der Waals surface area contributed by atoms with Crippen LogP contribution in [-0.4, -0.2) is 25.1 Å². The van der Waals surface area contributed by atoms with E-state index < -0.39 is 16.9 Å². The van der Waals surface area contributed by atoms with Gasteiger partial charge in [-0.25, -0.2) is 4.98 Å². The van der Waals surface area contributed by atoms with Crippen LogP contribution in [0.5, 0.6) is 5.75 Å². The Morgan fingerprint density at radius 3 is 2.45 bits per heavy atom. The number of H-pyrrole nitrogens is 1. The Bertz CT molecular complexity index is 729. The molecule has 0 unspecified atom stereocenters. The van der Waals surface area contributed by atoms with Gasteiger partial charge in [-0.3, -0.25) is 10.1 Å². The van der Waals surface area contributed by atoms with Gasteiger partial charge in [0.05, 0.1) is 11.5 Å². The molecule has 0 aliphatic carbocycles. The Labute approximate surface area is 127 Å². The van der Waals surface area contributed by atoms with Crippen molar-refractivity contribution in [3.8, 4) is 17.1 Å². The van der Waals surface area contributed by atoms with E-state index in [4.69, 9.17) is 0 Å². The van der Waals surface area contributed by atoms with Gasteiger partial charge in [0.1, 0.15) is 17.1 Å². The Kier molecular flexibility index (Phi) is 3.93. The molecule has 0 fully saturated rings. The standard InChI is InChI=1S/C15H19N3O4/c1-8-6-16-14(17-8)11-10(18(21)22)5-9(7-19)13(20)12(11)15(2,3)4/h5-6,19-20H,7H2,1-4H3,(H,16,17). The molecule has 0 radical (unpaired) electrons. The number of benzene rings is 1. The van der Waals surface area contributed by atoms with Crippen LogP contribution in [-0.2, 0) is 12.0 Å². The zero-order valence-corrected chi connectivity index (χ0v) is 13.0. The van der Waals surface area contributed by atoms with Gasteiger partial charge in [-0.1, -0.05) is 20.8 Å². The zero-order chi connectivity index (χ0) is 16.7. The minimum Gasteiger partial charge on any atom is -0.507 e. The van der Waals surface area contributed by atoms with E-state index in [1.54, 1.807) is 13.1 Å². The zero-order valence-electron chi connectivity index (χ0n) is 13.0. The summed E-state index contributed by atoms with van der Waals surface area (Å²) in [7, 11) is 0. The number of nitro benzene ring substituents is 1. The number of nitrogens with one attached hydrogen (secondary N) is 1. The maximum Gasteiger partial charge on any atom is 0.281 e. The number of phenols is 1. The fourth-order valence-electron chi connectivity index (χ4n) is 2.49. The van der Waals surface area contributed by atoms with E-state index >= 15 is 0 Å². The smallest absolute Gasteiger partial charge is 0.281 e. The molecule has 2 rings (SSSR count). The fourth-order valence-corrected chi connectivity index (χ4v) is 2.49. The molecule has 2 aromatic rings. The molecule has 0 aliphatic rings. The lowest BCUT2D eigenvalue weighted by molar-refractivity contribution is -0.384. The quantitative estimate of drug-likeness (QED) is 0.596. The Balaban J connectivity index is 2.94. The van der Waals surface area contributed by atoms with Crippen molar-refractivity contribution in [1.29, 1.82) is 0 Å². The molecule has 1 aromatic heterocycles. The molecule has 1 heterocycles. The van der Waals surface area contributed by atoms with E-state index in [9.17, 15) is 20.3 Å². The summed E-state index contributed by atoms with van der Waals surface area (Å²) in [6.07, 6.45) is 1.57. The molecule has 3 N–H and O–H groups in total. The Morgan fingerprint density at radius 1 is 1.41 bits per heavy atom. The molecule has 0 amide bonds. The number of aromatic amines is 1. The minimum absolute atomic E-state index is 0.128. The lowest BCUT2D eigenvalue weighted by Gasteiger charge is -2.24. The summed E-state index contributed by atoms with van der Waals surface area (Å²) in [6, 6.07) is 1.19. The molecular formula is C15H19N3O4. The van der Waals surface area contributed by atoms with Gasteiger partial charge in [0.2, 0.25) is 0 Å². The molecule has 0 spiro atoms. The van der Waals surface area contributed by atoms with Gasteiger partial charge < -0.3 is 15.2 Å². The van der Waals surface area contributed by atoms with Crippen LogP contribution in [0.25, 0.3) is 11.4 Å². The lowest BCUT2D eigenvalue weighted by atomic mass is 9.81. The Hall–Kier alpha value is -2.41. The molecule has 0 saturated carbocycles. The van der Waals surface area contributed by atoms with Gasteiger partial charge in [-0.2, -0.15) is 0 Å². The number of aryl methyl sites for hydroxylation is 1. The molecular weight excluding hydrogens is 286 g/mol. The molecule has 7 nitrogen and oxygen atoms in total. The highest BCUT2D eigenvalue weighted by Gasteiger charge is 2.33. The monoisotopic (exact) mass is 305 g/mol. The predicted octanol–water partition coefficient (Wildman–Crippen LogP) is 2.79. The summed E-state index contributed by atoms with van der Waals surface area (Å²) in [4.78, 5) is 18.1. The van der Waals surface area contributed by atoms with Gasteiger partial charge in [0.15, 0.2) is 0 Å². The number of aromatic hydroxyl groups is 1. The van der Waals surface area contributed by atoms with Crippen molar-refractivity contribution in [2.75, 3.05) is 0 Å². The molecule has 22 heavy (non-hydrogen) atoms. The highest BCUT2D eigenvalue weighted by atomic mass is 16.6. The van der Waals surface area contributed by atoms with E-state index in [1.807, 2.05) is 20.8 Å². The van der Waals surface area contributed by atoms with Crippen LogP contribution in [0, 0.1) is 17.0 Å². The number of nitro groups is 1. The van der Waals surface area contributed by atoms with Crippen LogP contribution >= 0.6 is 0 Å². The second kappa shape index (κ2) is 5.42. The number of hydrogen-bond donors (Lipinski definition) is 3. The number of nitrogens with zero attached hydrogens (tertiary/aromatic N) is 2. The lowest BCUT2D eigenvalue weighted by Crippen LogP contribution is -2.16. The van der Waals surface area contributed by atoms with Crippen LogP contribution in [0.1, 0.15) is 37.6 Å². The highest BCUT2D eigenvalue weighted by Crippen LogP contribution is 2.45. The number of imidazole rings is 1. The second-order valence-corrected chi connectivity index (χ2v) is 6.23. The van der Waals surface area contributed by atoms with E-state index in [-0.39, 0.29) is 22.6 Å². The van der Waals surface area contributed by atoms with Crippen LogP contribution in [0.15, 0.2) is 12.3 Å².